The molecule has 0 fully saturated rings. The molecule has 1 rings (SSSR count). The summed E-state index contributed by atoms with van der Waals surface area (Å²) in [6, 6.07) is 0. The number of aromatic nitrogens is 2. The highest BCUT2D eigenvalue weighted by atomic mass is 16.5. The van der Waals surface area contributed by atoms with Crippen molar-refractivity contribution in [3.05, 3.63) is 23.3 Å². The minimum Gasteiger partial charge on any atom is -0.389 e. The molecule has 0 radical (unpaired) electrons. The second kappa shape index (κ2) is 4.24. The van der Waals surface area contributed by atoms with Gasteiger partial charge in [0, 0.05) is 24.6 Å². The van der Waals surface area contributed by atoms with Crippen LogP contribution in [-0.4, -0.2) is 22.2 Å². The Balaban J connectivity index is 3.12. The minimum atomic E-state index is -0.537. The van der Waals surface area contributed by atoms with Crippen LogP contribution in [0, 0.1) is 6.92 Å². The standard InChI is InChI=1S/C11H18N2O2/c1-7-9(8(2)14)6-12-10(13-7)11(3,4)15-5/h6,8,14H,1-5H3. The van der Waals surface area contributed by atoms with Crippen molar-refractivity contribution in [1.29, 1.82) is 0 Å². The molecule has 1 aromatic rings. The molecule has 0 aliphatic heterocycles. The molecule has 0 saturated carbocycles. The molecule has 1 aromatic heterocycles. The van der Waals surface area contributed by atoms with Crippen LogP contribution in [0.5, 0.6) is 0 Å². The number of ether oxygens (including phenoxy) is 1. The van der Waals surface area contributed by atoms with Crippen LogP contribution in [-0.2, 0) is 10.3 Å². The SMILES string of the molecule is COC(C)(C)c1ncc(C(C)O)c(C)n1. The minimum absolute atomic E-state index is 0.498. The zero-order valence-electron chi connectivity index (χ0n) is 9.90. The van der Waals surface area contributed by atoms with E-state index in [1.165, 1.54) is 0 Å². The van der Waals surface area contributed by atoms with Crippen molar-refractivity contribution in [1.82, 2.24) is 9.97 Å². The molecule has 0 aliphatic carbocycles. The van der Waals surface area contributed by atoms with Crippen molar-refractivity contribution >= 4 is 0 Å². The first kappa shape index (κ1) is 12.1. The zero-order chi connectivity index (χ0) is 11.6. The monoisotopic (exact) mass is 210 g/mol. The molecule has 0 aromatic carbocycles. The van der Waals surface area contributed by atoms with E-state index in [1.54, 1.807) is 20.2 Å². The second-order valence-corrected chi connectivity index (χ2v) is 4.12. The molecule has 0 amide bonds. The number of rotatable bonds is 3. The molecular formula is C11H18N2O2. The Labute approximate surface area is 90.3 Å². The van der Waals surface area contributed by atoms with Crippen molar-refractivity contribution < 1.29 is 9.84 Å². The molecule has 1 N–H and O–H groups in total. The van der Waals surface area contributed by atoms with Crippen LogP contribution < -0.4 is 0 Å². The maximum atomic E-state index is 9.44. The van der Waals surface area contributed by atoms with Crippen molar-refractivity contribution in [2.75, 3.05) is 7.11 Å². The van der Waals surface area contributed by atoms with E-state index < -0.39 is 11.7 Å². The first-order valence-electron chi connectivity index (χ1n) is 4.95. The van der Waals surface area contributed by atoms with E-state index in [0.717, 1.165) is 11.3 Å². The number of aryl methyl sites for hydroxylation is 1. The Kier molecular flexibility index (Phi) is 3.42. The average molecular weight is 210 g/mol. The third kappa shape index (κ3) is 2.52. The van der Waals surface area contributed by atoms with Gasteiger partial charge in [-0.15, -0.1) is 0 Å². The Morgan fingerprint density at radius 2 is 2.07 bits per heavy atom. The molecule has 84 valence electrons. The Morgan fingerprint density at radius 1 is 1.47 bits per heavy atom. The Bertz CT molecular complexity index is 348. The third-order valence-electron chi connectivity index (χ3n) is 2.52. The highest BCUT2D eigenvalue weighted by Gasteiger charge is 2.23. The van der Waals surface area contributed by atoms with E-state index in [4.69, 9.17) is 4.74 Å². The number of hydrogen-bond donors (Lipinski definition) is 1. The fraction of sp³-hybridized carbons (Fsp3) is 0.636. The normalized spacial score (nSPS) is 14.0. The van der Waals surface area contributed by atoms with Gasteiger partial charge in [-0.25, -0.2) is 9.97 Å². The van der Waals surface area contributed by atoms with Crippen molar-refractivity contribution in [2.24, 2.45) is 0 Å². The van der Waals surface area contributed by atoms with E-state index >= 15 is 0 Å². The van der Waals surface area contributed by atoms with Gasteiger partial charge in [0.1, 0.15) is 5.60 Å². The first-order valence-corrected chi connectivity index (χ1v) is 4.95. The van der Waals surface area contributed by atoms with Gasteiger partial charge in [-0.1, -0.05) is 0 Å². The smallest absolute Gasteiger partial charge is 0.159 e. The van der Waals surface area contributed by atoms with Gasteiger partial charge < -0.3 is 9.84 Å². The summed E-state index contributed by atoms with van der Waals surface area (Å²) in [6.45, 7) is 7.37. The predicted molar refractivity (Wildman–Crippen MR) is 57.4 cm³/mol. The van der Waals surface area contributed by atoms with Gasteiger partial charge in [0.05, 0.1) is 6.10 Å². The highest BCUT2D eigenvalue weighted by Crippen LogP contribution is 2.22. The van der Waals surface area contributed by atoms with Crippen LogP contribution in [0.2, 0.25) is 0 Å². The Morgan fingerprint density at radius 3 is 2.47 bits per heavy atom. The quantitative estimate of drug-likeness (QED) is 0.825. The van der Waals surface area contributed by atoms with E-state index in [-0.39, 0.29) is 0 Å². The lowest BCUT2D eigenvalue weighted by atomic mass is 10.1. The van der Waals surface area contributed by atoms with Gasteiger partial charge >= 0.3 is 0 Å². The van der Waals surface area contributed by atoms with Crippen LogP contribution in [0.1, 0.15) is 44.0 Å². The lowest BCUT2D eigenvalue weighted by Gasteiger charge is -2.22. The topological polar surface area (TPSA) is 55.2 Å². The molecule has 1 atom stereocenters. The molecule has 0 saturated heterocycles. The number of aliphatic hydroxyl groups excluding tert-OH is 1. The first-order chi connectivity index (χ1) is 6.88. The summed E-state index contributed by atoms with van der Waals surface area (Å²) in [5, 5.41) is 9.44. The van der Waals surface area contributed by atoms with Gasteiger partial charge in [0.15, 0.2) is 5.82 Å². The fourth-order valence-electron chi connectivity index (χ4n) is 1.27. The summed E-state index contributed by atoms with van der Waals surface area (Å²) >= 11 is 0. The van der Waals surface area contributed by atoms with Crippen LogP contribution in [0.25, 0.3) is 0 Å². The zero-order valence-corrected chi connectivity index (χ0v) is 9.90. The van der Waals surface area contributed by atoms with E-state index in [0.29, 0.717) is 5.82 Å². The molecule has 4 heteroatoms. The van der Waals surface area contributed by atoms with Crippen molar-refractivity contribution in [3.8, 4) is 0 Å². The molecule has 1 heterocycles. The molecule has 1 unspecified atom stereocenters. The second-order valence-electron chi connectivity index (χ2n) is 4.12. The number of methoxy groups -OCH3 is 1. The number of aliphatic hydroxyl groups is 1. The van der Waals surface area contributed by atoms with Crippen LogP contribution in [0.4, 0.5) is 0 Å². The Hall–Kier alpha value is -1.00. The molecule has 0 aliphatic rings. The summed E-state index contributed by atoms with van der Waals surface area (Å²) in [5.74, 6) is 0.631. The molecule has 4 nitrogen and oxygen atoms in total. The molecule has 15 heavy (non-hydrogen) atoms. The van der Waals surface area contributed by atoms with Gasteiger partial charge in [0.2, 0.25) is 0 Å². The lowest BCUT2D eigenvalue weighted by Crippen LogP contribution is -2.23. The summed E-state index contributed by atoms with van der Waals surface area (Å²) in [7, 11) is 1.63. The number of nitrogens with zero attached hydrogens (tertiary/aromatic N) is 2. The molecule has 0 bridgehead atoms. The third-order valence-corrected chi connectivity index (χ3v) is 2.52. The molecular weight excluding hydrogens is 192 g/mol. The van der Waals surface area contributed by atoms with Crippen LogP contribution >= 0.6 is 0 Å². The lowest BCUT2D eigenvalue weighted by molar-refractivity contribution is 0.0111. The molecule has 0 spiro atoms. The van der Waals surface area contributed by atoms with Crippen LogP contribution in [0.3, 0.4) is 0 Å². The summed E-state index contributed by atoms with van der Waals surface area (Å²) in [6.07, 6.45) is 1.12. The maximum Gasteiger partial charge on any atom is 0.159 e. The average Bonchev–Trinajstić information content (AvgIpc) is 2.17. The van der Waals surface area contributed by atoms with Crippen molar-refractivity contribution in [2.45, 2.75) is 39.4 Å². The van der Waals surface area contributed by atoms with E-state index in [2.05, 4.69) is 9.97 Å². The highest BCUT2D eigenvalue weighted by molar-refractivity contribution is 5.19. The maximum absolute atomic E-state index is 9.44. The summed E-state index contributed by atoms with van der Waals surface area (Å²) in [4.78, 5) is 8.55. The summed E-state index contributed by atoms with van der Waals surface area (Å²) in [5.41, 5.74) is 1.05. The van der Waals surface area contributed by atoms with Crippen LogP contribution in [0.15, 0.2) is 6.20 Å². The van der Waals surface area contributed by atoms with Gasteiger partial charge in [0.25, 0.3) is 0 Å². The number of hydrogen-bond acceptors (Lipinski definition) is 4. The fourth-order valence-corrected chi connectivity index (χ4v) is 1.27. The van der Waals surface area contributed by atoms with Gasteiger partial charge in [-0.3, -0.25) is 0 Å². The van der Waals surface area contributed by atoms with E-state index in [1.807, 2.05) is 20.8 Å². The van der Waals surface area contributed by atoms with E-state index in [9.17, 15) is 5.11 Å². The van der Waals surface area contributed by atoms with Crippen molar-refractivity contribution in [3.63, 3.8) is 0 Å². The summed E-state index contributed by atoms with van der Waals surface area (Å²) < 4.78 is 5.29. The largest absolute Gasteiger partial charge is 0.389 e. The van der Waals surface area contributed by atoms with Gasteiger partial charge in [-0.2, -0.15) is 0 Å². The predicted octanol–water partition coefficient (Wildman–Crippen LogP) is 1.72. The van der Waals surface area contributed by atoms with Gasteiger partial charge in [-0.05, 0) is 27.7 Å².